The fourth-order valence-corrected chi connectivity index (χ4v) is 2.38. The largest absolute Gasteiger partial charge is 0.389 e. The van der Waals surface area contributed by atoms with Crippen molar-refractivity contribution in [3.05, 3.63) is 29.3 Å². The molecular weight excluding hydrogens is 228 g/mol. The summed E-state index contributed by atoms with van der Waals surface area (Å²) in [4.78, 5) is 2.92. The molecule has 0 radical (unpaired) electrons. The predicted molar refractivity (Wildman–Crippen MR) is 77.7 cm³/mol. The van der Waals surface area contributed by atoms with E-state index in [1.54, 1.807) is 0 Å². The fourth-order valence-electron chi connectivity index (χ4n) is 2.15. The van der Waals surface area contributed by atoms with Crippen molar-refractivity contribution in [1.82, 2.24) is 0 Å². The zero-order valence-electron chi connectivity index (χ0n) is 10.6. The quantitative estimate of drug-likeness (QED) is 0.812. The van der Waals surface area contributed by atoms with Crippen LogP contribution in [-0.4, -0.2) is 18.1 Å². The Bertz CT molecular complexity index is 424. The van der Waals surface area contributed by atoms with Crippen LogP contribution in [0.5, 0.6) is 0 Å². The van der Waals surface area contributed by atoms with Crippen molar-refractivity contribution < 1.29 is 0 Å². The van der Waals surface area contributed by atoms with Crippen LogP contribution in [0.2, 0.25) is 0 Å². The third-order valence-electron chi connectivity index (χ3n) is 3.40. The highest BCUT2D eigenvalue weighted by Gasteiger charge is 2.24. The van der Waals surface area contributed by atoms with Gasteiger partial charge in [0.1, 0.15) is 4.99 Å². The van der Waals surface area contributed by atoms with Crippen LogP contribution in [0.3, 0.4) is 0 Å². The summed E-state index contributed by atoms with van der Waals surface area (Å²) in [5, 5.41) is 0. The Morgan fingerprint density at radius 3 is 2.65 bits per heavy atom. The van der Waals surface area contributed by atoms with Crippen molar-refractivity contribution in [3.63, 3.8) is 0 Å². The molecule has 0 aliphatic heterocycles. The Kier molecular flexibility index (Phi) is 3.67. The summed E-state index contributed by atoms with van der Waals surface area (Å²) in [6.07, 6.45) is 2.78. The number of benzene rings is 1. The molecule has 92 valence electrons. The van der Waals surface area contributed by atoms with E-state index < -0.39 is 0 Å². The van der Waals surface area contributed by atoms with Crippen molar-refractivity contribution >= 4 is 22.9 Å². The maximum Gasteiger partial charge on any atom is 0.104 e. The topological polar surface area (TPSA) is 29.3 Å². The molecule has 2 rings (SSSR count). The maximum absolute atomic E-state index is 5.68. The summed E-state index contributed by atoms with van der Waals surface area (Å²) in [5.41, 5.74) is 9.13. The van der Waals surface area contributed by atoms with E-state index in [4.69, 9.17) is 18.0 Å². The van der Waals surface area contributed by atoms with E-state index in [0.29, 0.717) is 4.99 Å². The molecule has 0 amide bonds. The van der Waals surface area contributed by atoms with Gasteiger partial charge in [0.25, 0.3) is 0 Å². The normalized spacial score (nSPS) is 14.7. The molecule has 1 fully saturated rings. The molecule has 0 heterocycles. The van der Waals surface area contributed by atoms with Crippen molar-refractivity contribution in [3.8, 4) is 0 Å². The van der Waals surface area contributed by atoms with Crippen molar-refractivity contribution in [2.45, 2.75) is 26.7 Å². The number of hydrogen-bond donors (Lipinski definition) is 1. The van der Waals surface area contributed by atoms with Crippen LogP contribution in [0.4, 0.5) is 5.69 Å². The fraction of sp³-hybridized carbons (Fsp3) is 0.500. The number of hydrogen-bond acceptors (Lipinski definition) is 2. The van der Waals surface area contributed by atoms with E-state index in [0.717, 1.165) is 18.0 Å². The van der Waals surface area contributed by atoms with Gasteiger partial charge in [0.15, 0.2) is 0 Å². The first-order chi connectivity index (χ1) is 8.11. The lowest BCUT2D eigenvalue weighted by Gasteiger charge is -2.24. The lowest BCUT2D eigenvalue weighted by molar-refractivity contribution is 0.742. The molecule has 2 nitrogen and oxygen atoms in total. The van der Waals surface area contributed by atoms with Gasteiger partial charge >= 0.3 is 0 Å². The van der Waals surface area contributed by atoms with Crippen LogP contribution < -0.4 is 10.6 Å². The van der Waals surface area contributed by atoms with E-state index in [2.05, 4.69) is 30.9 Å². The Labute approximate surface area is 109 Å². The molecule has 0 unspecified atom stereocenters. The molecule has 0 aromatic heterocycles. The SMILES string of the molecule is CCN(CC1CC1)c1ccc(C(N)=S)c(C)c1. The third-order valence-corrected chi connectivity index (χ3v) is 3.62. The van der Waals surface area contributed by atoms with Gasteiger partial charge in [-0.05, 0) is 56.4 Å². The summed E-state index contributed by atoms with van der Waals surface area (Å²) in [7, 11) is 0. The van der Waals surface area contributed by atoms with Gasteiger partial charge in [0.2, 0.25) is 0 Å². The Morgan fingerprint density at radius 2 is 2.18 bits per heavy atom. The van der Waals surface area contributed by atoms with Gasteiger partial charge < -0.3 is 10.6 Å². The Hall–Kier alpha value is -1.09. The van der Waals surface area contributed by atoms with Gasteiger partial charge in [-0.2, -0.15) is 0 Å². The predicted octanol–water partition coefficient (Wildman–Crippen LogP) is 2.87. The number of nitrogens with zero attached hydrogens (tertiary/aromatic N) is 1. The van der Waals surface area contributed by atoms with E-state index in [1.807, 2.05) is 6.07 Å². The highest BCUT2D eigenvalue weighted by molar-refractivity contribution is 7.80. The molecule has 0 saturated heterocycles. The smallest absolute Gasteiger partial charge is 0.104 e. The highest BCUT2D eigenvalue weighted by Crippen LogP contribution is 2.31. The average molecular weight is 248 g/mol. The minimum absolute atomic E-state index is 0.485. The van der Waals surface area contributed by atoms with Crippen LogP contribution in [0, 0.1) is 12.8 Å². The summed E-state index contributed by atoms with van der Waals surface area (Å²) in [6, 6.07) is 6.37. The number of thiocarbonyl (C=S) groups is 1. The molecule has 0 bridgehead atoms. The first kappa shape index (κ1) is 12.4. The standard InChI is InChI=1S/C14H20N2S/c1-3-16(9-11-4-5-11)12-6-7-13(14(15)17)10(2)8-12/h6-8,11H,3-5,9H2,1-2H3,(H2,15,17). The molecule has 1 aromatic rings. The molecular formula is C14H20N2S. The molecule has 0 atom stereocenters. The number of anilines is 1. The minimum atomic E-state index is 0.485. The second-order valence-electron chi connectivity index (χ2n) is 4.85. The highest BCUT2D eigenvalue weighted by atomic mass is 32.1. The average Bonchev–Trinajstić information content (AvgIpc) is 3.09. The first-order valence-corrected chi connectivity index (χ1v) is 6.68. The molecule has 0 spiro atoms. The van der Waals surface area contributed by atoms with E-state index in [9.17, 15) is 0 Å². The van der Waals surface area contributed by atoms with E-state index >= 15 is 0 Å². The molecule has 2 N–H and O–H groups in total. The van der Waals surface area contributed by atoms with Gasteiger partial charge in [-0.1, -0.05) is 12.2 Å². The van der Waals surface area contributed by atoms with Crippen LogP contribution in [0.15, 0.2) is 18.2 Å². The van der Waals surface area contributed by atoms with Gasteiger partial charge in [0, 0.05) is 24.3 Å². The zero-order valence-corrected chi connectivity index (χ0v) is 11.4. The number of rotatable bonds is 5. The second kappa shape index (κ2) is 5.05. The summed E-state index contributed by atoms with van der Waals surface area (Å²) in [5.74, 6) is 0.908. The van der Waals surface area contributed by atoms with Gasteiger partial charge in [-0.25, -0.2) is 0 Å². The summed E-state index contributed by atoms with van der Waals surface area (Å²) in [6.45, 7) is 6.52. The number of aryl methyl sites for hydroxylation is 1. The first-order valence-electron chi connectivity index (χ1n) is 6.27. The molecule has 1 saturated carbocycles. The van der Waals surface area contributed by atoms with E-state index in [1.165, 1.54) is 30.6 Å². The van der Waals surface area contributed by atoms with Crippen LogP contribution in [-0.2, 0) is 0 Å². The minimum Gasteiger partial charge on any atom is -0.389 e. The maximum atomic E-state index is 5.68. The third kappa shape index (κ3) is 2.97. The van der Waals surface area contributed by atoms with Gasteiger partial charge in [-0.3, -0.25) is 0 Å². The molecule has 1 aliphatic rings. The lowest BCUT2D eigenvalue weighted by Crippen LogP contribution is -2.25. The second-order valence-corrected chi connectivity index (χ2v) is 5.29. The lowest BCUT2D eigenvalue weighted by atomic mass is 10.1. The molecule has 17 heavy (non-hydrogen) atoms. The summed E-state index contributed by atoms with van der Waals surface area (Å²) >= 11 is 5.03. The van der Waals surface area contributed by atoms with Crippen LogP contribution >= 0.6 is 12.2 Å². The monoisotopic (exact) mass is 248 g/mol. The zero-order chi connectivity index (χ0) is 12.4. The Morgan fingerprint density at radius 1 is 1.47 bits per heavy atom. The summed E-state index contributed by atoms with van der Waals surface area (Å²) < 4.78 is 0. The Balaban J connectivity index is 2.19. The van der Waals surface area contributed by atoms with Gasteiger partial charge in [0.05, 0.1) is 0 Å². The van der Waals surface area contributed by atoms with Crippen molar-refractivity contribution in [2.24, 2.45) is 11.7 Å². The van der Waals surface area contributed by atoms with Crippen molar-refractivity contribution in [1.29, 1.82) is 0 Å². The molecule has 1 aromatic carbocycles. The number of nitrogens with two attached hydrogens (primary N) is 1. The molecule has 3 heteroatoms. The molecule has 1 aliphatic carbocycles. The van der Waals surface area contributed by atoms with Crippen molar-refractivity contribution in [2.75, 3.05) is 18.0 Å². The van der Waals surface area contributed by atoms with Crippen LogP contribution in [0.1, 0.15) is 30.9 Å². The van der Waals surface area contributed by atoms with Crippen LogP contribution in [0.25, 0.3) is 0 Å². The van der Waals surface area contributed by atoms with Gasteiger partial charge in [-0.15, -0.1) is 0 Å². The van der Waals surface area contributed by atoms with E-state index in [-0.39, 0.29) is 0 Å².